The molecule has 2 nitrogen and oxygen atoms in total. The Kier molecular flexibility index (Phi) is 8.89. The van der Waals surface area contributed by atoms with Crippen molar-refractivity contribution < 1.29 is 52.5 Å². The number of nitrogens with zero attached hydrogens (tertiary/aromatic N) is 2. The number of para-hydroxylation sites is 2. The highest BCUT2D eigenvalue weighted by Gasteiger charge is 2.13. The first-order valence-electron chi connectivity index (χ1n) is 9.65. The second-order valence-electron chi connectivity index (χ2n) is 6.67. The lowest BCUT2D eigenvalue weighted by atomic mass is 9.99. The highest BCUT2D eigenvalue weighted by Crippen LogP contribution is 2.32. The summed E-state index contributed by atoms with van der Waals surface area (Å²) in [7, 11) is 0. The van der Waals surface area contributed by atoms with Crippen molar-refractivity contribution in [3.8, 4) is 0 Å². The minimum Gasteiger partial charge on any atom is -1.00 e. The normalized spacial score (nSPS) is 14.0. The van der Waals surface area contributed by atoms with E-state index in [0.29, 0.717) is 0 Å². The van der Waals surface area contributed by atoms with Crippen molar-refractivity contribution in [2.24, 2.45) is 0 Å². The molecule has 0 N–H and O–H groups in total. The van der Waals surface area contributed by atoms with Crippen LogP contribution in [0.5, 0.6) is 0 Å². The SMILES string of the molecule is CCN1C=C/C(=C/C=C/c2cc[n+](CC)c3ccccc23)c2ccccc21.[I-].[I-]. The molecular formula is C25H25I2N2-. The number of hydrogen-bond donors (Lipinski definition) is 0. The van der Waals surface area contributed by atoms with E-state index in [9.17, 15) is 0 Å². The predicted molar refractivity (Wildman–Crippen MR) is 115 cm³/mol. The van der Waals surface area contributed by atoms with Gasteiger partial charge >= 0.3 is 0 Å². The van der Waals surface area contributed by atoms with Crippen LogP contribution >= 0.6 is 0 Å². The van der Waals surface area contributed by atoms with Gasteiger partial charge in [-0.15, -0.1) is 0 Å². The van der Waals surface area contributed by atoms with Gasteiger partial charge in [-0.25, -0.2) is 0 Å². The molecule has 0 aliphatic carbocycles. The molecule has 0 unspecified atom stereocenters. The molecule has 0 bridgehead atoms. The van der Waals surface area contributed by atoms with Gasteiger partial charge in [-0.1, -0.05) is 48.6 Å². The molecule has 0 spiro atoms. The van der Waals surface area contributed by atoms with Crippen LogP contribution in [0.1, 0.15) is 25.0 Å². The van der Waals surface area contributed by atoms with Gasteiger partial charge in [0.15, 0.2) is 6.20 Å². The number of aromatic nitrogens is 1. The second kappa shape index (κ2) is 10.9. The van der Waals surface area contributed by atoms with Crippen LogP contribution in [0.15, 0.2) is 85.2 Å². The van der Waals surface area contributed by atoms with E-state index in [-0.39, 0.29) is 48.0 Å². The summed E-state index contributed by atoms with van der Waals surface area (Å²) in [5.41, 5.74) is 6.33. The zero-order chi connectivity index (χ0) is 18.6. The van der Waals surface area contributed by atoms with Crippen LogP contribution in [-0.2, 0) is 6.54 Å². The van der Waals surface area contributed by atoms with Crippen LogP contribution in [-0.4, -0.2) is 6.54 Å². The van der Waals surface area contributed by atoms with Crippen LogP contribution < -0.4 is 57.4 Å². The quantitative estimate of drug-likeness (QED) is 0.290. The largest absolute Gasteiger partial charge is 1.00 e. The Labute approximate surface area is 207 Å². The summed E-state index contributed by atoms with van der Waals surface area (Å²) in [6, 6.07) is 19.4. The van der Waals surface area contributed by atoms with Crippen LogP contribution in [0.3, 0.4) is 0 Å². The highest BCUT2D eigenvalue weighted by atomic mass is 127. The van der Waals surface area contributed by atoms with Crippen molar-refractivity contribution in [3.63, 3.8) is 0 Å². The number of pyridine rings is 1. The number of aryl methyl sites for hydroxylation is 1. The number of halogens is 2. The van der Waals surface area contributed by atoms with E-state index >= 15 is 0 Å². The Morgan fingerprint density at radius 3 is 2.48 bits per heavy atom. The molecule has 2 heterocycles. The molecule has 3 aromatic rings. The first-order chi connectivity index (χ1) is 13.3. The van der Waals surface area contributed by atoms with E-state index < -0.39 is 0 Å². The lowest BCUT2D eigenvalue weighted by molar-refractivity contribution is -0.667. The summed E-state index contributed by atoms with van der Waals surface area (Å²) < 4.78 is 2.28. The molecule has 29 heavy (non-hydrogen) atoms. The van der Waals surface area contributed by atoms with Gasteiger partial charge in [0.2, 0.25) is 5.52 Å². The monoisotopic (exact) mass is 607 g/mol. The molecule has 1 aliphatic rings. The van der Waals surface area contributed by atoms with Crippen molar-refractivity contribution in [2.75, 3.05) is 11.4 Å². The van der Waals surface area contributed by atoms with E-state index in [1.54, 1.807) is 0 Å². The summed E-state index contributed by atoms with van der Waals surface area (Å²) in [4.78, 5) is 2.28. The maximum atomic E-state index is 2.28. The number of fused-ring (bicyclic) bond motifs is 2. The maximum absolute atomic E-state index is 2.28. The van der Waals surface area contributed by atoms with Gasteiger partial charge in [0.25, 0.3) is 0 Å². The zero-order valence-corrected chi connectivity index (χ0v) is 21.0. The van der Waals surface area contributed by atoms with Crippen molar-refractivity contribution >= 4 is 28.2 Å². The molecule has 1 aliphatic heterocycles. The third-order valence-electron chi connectivity index (χ3n) is 5.15. The van der Waals surface area contributed by atoms with Crippen molar-refractivity contribution in [3.05, 3.63) is 96.3 Å². The van der Waals surface area contributed by atoms with Gasteiger partial charge in [-0.3, -0.25) is 0 Å². The lowest BCUT2D eigenvalue weighted by Gasteiger charge is -2.26. The molecule has 1 aromatic heterocycles. The van der Waals surface area contributed by atoms with Gasteiger partial charge in [0.1, 0.15) is 6.54 Å². The lowest BCUT2D eigenvalue weighted by Crippen LogP contribution is -3.00. The van der Waals surface area contributed by atoms with Gasteiger partial charge in [-0.2, -0.15) is 4.57 Å². The van der Waals surface area contributed by atoms with Crippen molar-refractivity contribution in [1.29, 1.82) is 0 Å². The molecule has 4 heteroatoms. The molecule has 0 radical (unpaired) electrons. The number of rotatable bonds is 4. The summed E-state index contributed by atoms with van der Waals surface area (Å²) in [5.74, 6) is 0. The minimum absolute atomic E-state index is 0. The van der Waals surface area contributed by atoms with Crippen LogP contribution in [0.2, 0.25) is 0 Å². The van der Waals surface area contributed by atoms with Crippen LogP contribution in [0, 0.1) is 0 Å². The molecule has 0 saturated carbocycles. The molecule has 4 rings (SSSR count). The Hall–Kier alpha value is -1.67. The number of hydrogen-bond acceptors (Lipinski definition) is 1. The minimum atomic E-state index is 0. The third-order valence-corrected chi connectivity index (χ3v) is 5.15. The Morgan fingerprint density at radius 1 is 0.931 bits per heavy atom. The maximum Gasteiger partial charge on any atom is 0.213 e. The fourth-order valence-corrected chi connectivity index (χ4v) is 3.71. The van der Waals surface area contributed by atoms with Crippen LogP contribution in [0.25, 0.3) is 22.6 Å². The predicted octanol–water partition coefficient (Wildman–Crippen LogP) is -0.394. The zero-order valence-electron chi connectivity index (χ0n) is 16.7. The van der Waals surface area contributed by atoms with Gasteiger partial charge in [-0.05, 0) is 43.2 Å². The smallest absolute Gasteiger partial charge is 0.213 e. The standard InChI is InChI=1S/C25H25N2.2HI/c1-3-26-18-16-20(22-12-5-7-14-24(22)26)10-9-11-21-17-19-27(4-2)25-15-8-6-13-23(21)25;;/h5-19H,3-4H2,1-2H3;2*1H/q+1;;/p-2. The molecule has 0 atom stereocenters. The molecule has 2 aromatic carbocycles. The van der Waals surface area contributed by atoms with E-state index in [0.717, 1.165) is 13.1 Å². The van der Waals surface area contributed by atoms with Gasteiger partial charge < -0.3 is 52.9 Å². The van der Waals surface area contributed by atoms with E-state index in [4.69, 9.17) is 0 Å². The average molecular weight is 607 g/mol. The summed E-state index contributed by atoms with van der Waals surface area (Å²) >= 11 is 0. The summed E-state index contributed by atoms with van der Waals surface area (Å²) in [6.07, 6.45) is 13.1. The molecule has 150 valence electrons. The molecule has 0 saturated heterocycles. The number of anilines is 1. The summed E-state index contributed by atoms with van der Waals surface area (Å²) in [6.45, 7) is 6.31. The molecule has 0 amide bonds. The third kappa shape index (κ3) is 4.91. The van der Waals surface area contributed by atoms with Crippen LogP contribution in [0.4, 0.5) is 5.69 Å². The first-order valence-corrected chi connectivity index (χ1v) is 9.65. The van der Waals surface area contributed by atoms with Gasteiger partial charge in [0, 0.05) is 36.1 Å². The molecule has 0 fully saturated rings. The summed E-state index contributed by atoms with van der Waals surface area (Å²) in [5, 5.41) is 1.29. The van der Waals surface area contributed by atoms with Crippen molar-refractivity contribution in [2.45, 2.75) is 20.4 Å². The topological polar surface area (TPSA) is 7.12 Å². The van der Waals surface area contributed by atoms with Crippen molar-refractivity contribution in [1.82, 2.24) is 0 Å². The van der Waals surface area contributed by atoms with E-state index in [1.807, 2.05) is 0 Å². The Bertz CT molecular complexity index is 1070. The average Bonchev–Trinajstić information content (AvgIpc) is 2.74. The Morgan fingerprint density at radius 2 is 1.69 bits per heavy atom. The fourth-order valence-electron chi connectivity index (χ4n) is 3.71. The highest BCUT2D eigenvalue weighted by molar-refractivity contribution is 5.89. The van der Waals surface area contributed by atoms with E-state index in [1.165, 1.54) is 33.3 Å². The Balaban J connectivity index is 0.00000150. The van der Waals surface area contributed by atoms with Gasteiger partial charge in [0.05, 0.1) is 5.39 Å². The van der Waals surface area contributed by atoms with E-state index in [2.05, 4.69) is 115 Å². The fraction of sp³-hybridized carbons (Fsp3) is 0.160. The number of benzene rings is 2. The number of allylic oxidation sites excluding steroid dienone is 4. The first kappa shape index (κ1) is 23.6. The second-order valence-corrected chi connectivity index (χ2v) is 6.67. The molecular weight excluding hydrogens is 582 g/mol.